The van der Waals surface area contributed by atoms with Crippen molar-refractivity contribution in [2.75, 3.05) is 23.7 Å². The van der Waals surface area contributed by atoms with Crippen LogP contribution in [0, 0.1) is 0 Å². The van der Waals surface area contributed by atoms with Crippen molar-refractivity contribution in [1.82, 2.24) is 14.7 Å². The zero-order valence-corrected chi connectivity index (χ0v) is 24.7. The summed E-state index contributed by atoms with van der Waals surface area (Å²) in [6.45, 7) is 6.23. The highest BCUT2D eigenvalue weighted by Gasteiger charge is 2.24. The smallest absolute Gasteiger partial charge is 0.315 e. The Balaban J connectivity index is 1.57. The van der Waals surface area contributed by atoms with Crippen LogP contribution in [0.15, 0.2) is 78.9 Å². The molecule has 0 saturated heterocycles. The van der Waals surface area contributed by atoms with Crippen molar-refractivity contribution in [1.29, 1.82) is 0 Å². The standard InChI is InChI=1S/C30H30Cl3N5O2/c1-30(2,3)26-18-27(38(36-26)25-12-8-7-11-23(25)32)35-28(39)19-37(16-15-20-9-5-4-6-10-20)29(40)34-21-13-14-22(31)24(33)17-21/h4-14,17-18H,15-16,19H2,1-3H3,(H,34,40)(H,35,39). The van der Waals surface area contributed by atoms with E-state index in [0.717, 1.165) is 11.3 Å². The molecule has 0 atom stereocenters. The van der Waals surface area contributed by atoms with Gasteiger partial charge in [0.15, 0.2) is 0 Å². The minimum Gasteiger partial charge on any atom is -0.315 e. The van der Waals surface area contributed by atoms with Crippen LogP contribution in [-0.4, -0.2) is 39.7 Å². The molecule has 3 amide bonds. The summed E-state index contributed by atoms with van der Waals surface area (Å²) < 4.78 is 1.62. The molecule has 2 N–H and O–H groups in total. The Bertz CT molecular complexity index is 1500. The first-order valence-corrected chi connectivity index (χ1v) is 13.8. The second-order valence-electron chi connectivity index (χ2n) is 10.3. The Morgan fingerprint density at radius 3 is 2.23 bits per heavy atom. The predicted octanol–water partition coefficient (Wildman–Crippen LogP) is 7.85. The van der Waals surface area contributed by atoms with Crippen LogP contribution in [0.25, 0.3) is 5.69 Å². The van der Waals surface area contributed by atoms with Gasteiger partial charge in [0.1, 0.15) is 12.4 Å². The lowest BCUT2D eigenvalue weighted by Crippen LogP contribution is -2.42. The van der Waals surface area contributed by atoms with Gasteiger partial charge in [-0.15, -0.1) is 0 Å². The van der Waals surface area contributed by atoms with Crippen molar-refractivity contribution < 1.29 is 9.59 Å². The van der Waals surface area contributed by atoms with Crippen LogP contribution in [-0.2, 0) is 16.6 Å². The molecule has 1 heterocycles. The van der Waals surface area contributed by atoms with Gasteiger partial charge < -0.3 is 15.5 Å². The average molecular weight is 599 g/mol. The Hall–Kier alpha value is -3.52. The summed E-state index contributed by atoms with van der Waals surface area (Å²) in [5.74, 6) is 0.0712. The van der Waals surface area contributed by atoms with E-state index in [1.54, 1.807) is 28.9 Å². The Morgan fingerprint density at radius 2 is 1.55 bits per heavy atom. The van der Waals surface area contributed by atoms with Crippen LogP contribution in [0.1, 0.15) is 32.0 Å². The third-order valence-corrected chi connectivity index (χ3v) is 7.19. The van der Waals surface area contributed by atoms with Crippen LogP contribution in [0.4, 0.5) is 16.3 Å². The van der Waals surface area contributed by atoms with E-state index in [2.05, 4.69) is 10.6 Å². The van der Waals surface area contributed by atoms with Crippen molar-refractivity contribution in [2.24, 2.45) is 0 Å². The molecule has 0 bridgehead atoms. The first-order valence-electron chi connectivity index (χ1n) is 12.7. The normalized spacial score (nSPS) is 11.2. The van der Waals surface area contributed by atoms with Crippen molar-refractivity contribution >= 4 is 58.2 Å². The minimum absolute atomic E-state index is 0.196. The largest absolute Gasteiger partial charge is 0.322 e. The fraction of sp³-hybridized carbons (Fsp3) is 0.233. The first kappa shape index (κ1) is 29.5. The summed E-state index contributed by atoms with van der Waals surface area (Å²) in [4.78, 5) is 28.1. The number of hydrogen-bond acceptors (Lipinski definition) is 3. The van der Waals surface area contributed by atoms with Gasteiger partial charge in [-0.2, -0.15) is 5.10 Å². The molecule has 10 heteroatoms. The van der Waals surface area contributed by atoms with E-state index in [4.69, 9.17) is 39.9 Å². The number of nitrogens with one attached hydrogen (secondary N) is 2. The van der Waals surface area contributed by atoms with Gasteiger partial charge in [-0.05, 0) is 42.3 Å². The van der Waals surface area contributed by atoms with Crippen molar-refractivity contribution in [3.63, 3.8) is 0 Å². The van der Waals surface area contributed by atoms with E-state index in [1.165, 1.54) is 4.90 Å². The summed E-state index contributed by atoms with van der Waals surface area (Å²) in [6.07, 6.45) is 0.564. The summed E-state index contributed by atoms with van der Waals surface area (Å²) in [6, 6.07) is 23.2. The van der Waals surface area contributed by atoms with Crippen molar-refractivity contribution in [3.05, 3.63) is 105 Å². The van der Waals surface area contributed by atoms with Gasteiger partial charge in [-0.1, -0.05) is 98.0 Å². The summed E-state index contributed by atoms with van der Waals surface area (Å²) in [5.41, 5.74) is 2.65. The second-order valence-corrected chi connectivity index (χ2v) is 11.5. The maximum absolute atomic E-state index is 13.4. The number of hydrogen-bond donors (Lipinski definition) is 2. The fourth-order valence-electron chi connectivity index (χ4n) is 3.94. The van der Waals surface area contributed by atoms with Crippen molar-refractivity contribution in [2.45, 2.75) is 32.6 Å². The quantitative estimate of drug-likeness (QED) is 0.217. The van der Waals surface area contributed by atoms with E-state index in [0.29, 0.717) is 45.2 Å². The number of amides is 3. The third kappa shape index (κ3) is 7.56. The second kappa shape index (κ2) is 12.8. The number of urea groups is 1. The fourth-order valence-corrected chi connectivity index (χ4v) is 4.45. The lowest BCUT2D eigenvalue weighted by atomic mass is 9.92. The van der Waals surface area contributed by atoms with E-state index in [9.17, 15) is 9.59 Å². The molecular formula is C30H30Cl3N5O2. The molecule has 7 nitrogen and oxygen atoms in total. The molecule has 1 aromatic heterocycles. The number of aromatic nitrogens is 2. The molecule has 0 spiro atoms. The van der Waals surface area contributed by atoms with Crippen LogP contribution < -0.4 is 10.6 Å². The monoisotopic (exact) mass is 597 g/mol. The van der Waals surface area contributed by atoms with Gasteiger partial charge in [0.2, 0.25) is 5.91 Å². The molecule has 3 aromatic carbocycles. The van der Waals surface area contributed by atoms with Crippen LogP contribution >= 0.6 is 34.8 Å². The molecule has 4 aromatic rings. The maximum Gasteiger partial charge on any atom is 0.322 e. The van der Waals surface area contributed by atoms with E-state index < -0.39 is 6.03 Å². The van der Waals surface area contributed by atoms with Crippen LogP contribution in [0.2, 0.25) is 15.1 Å². The molecule has 0 unspecified atom stereocenters. The highest BCUT2D eigenvalue weighted by Crippen LogP contribution is 2.29. The SMILES string of the molecule is CC(C)(C)c1cc(NC(=O)CN(CCc2ccccc2)C(=O)Nc2ccc(Cl)c(Cl)c2)n(-c2ccccc2Cl)n1. The Morgan fingerprint density at radius 1 is 0.850 bits per heavy atom. The van der Waals surface area contributed by atoms with Gasteiger partial charge in [-0.3, -0.25) is 4.79 Å². The molecule has 208 valence electrons. The molecular weight excluding hydrogens is 569 g/mol. The molecule has 0 fully saturated rings. The molecule has 0 saturated carbocycles. The van der Waals surface area contributed by atoms with Gasteiger partial charge in [0.25, 0.3) is 0 Å². The highest BCUT2D eigenvalue weighted by atomic mass is 35.5. The summed E-state index contributed by atoms with van der Waals surface area (Å²) in [7, 11) is 0. The zero-order valence-electron chi connectivity index (χ0n) is 22.4. The summed E-state index contributed by atoms with van der Waals surface area (Å²) >= 11 is 18.6. The summed E-state index contributed by atoms with van der Waals surface area (Å²) in [5, 5.41) is 11.7. The molecule has 0 aliphatic rings. The van der Waals surface area contributed by atoms with Gasteiger partial charge >= 0.3 is 6.03 Å². The number of carbonyl (C=O) groups excluding carboxylic acids is 2. The average Bonchev–Trinajstić information content (AvgIpc) is 3.33. The number of nitrogens with zero attached hydrogens (tertiary/aromatic N) is 3. The number of rotatable bonds is 8. The molecule has 40 heavy (non-hydrogen) atoms. The number of anilines is 2. The minimum atomic E-state index is -0.445. The van der Waals surface area contributed by atoms with Crippen molar-refractivity contribution in [3.8, 4) is 5.69 Å². The van der Waals surface area contributed by atoms with Gasteiger partial charge in [0, 0.05) is 23.7 Å². The zero-order chi connectivity index (χ0) is 28.9. The van der Waals surface area contributed by atoms with E-state index >= 15 is 0 Å². The molecule has 0 aliphatic heterocycles. The van der Waals surface area contributed by atoms with E-state index in [-0.39, 0.29) is 17.9 Å². The van der Waals surface area contributed by atoms with Crippen LogP contribution in [0.3, 0.4) is 0 Å². The molecule has 0 aliphatic carbocycles. The lowest BCUT2D eigenvalue weighted by molar-refractivity contribution is -0.116. The maximum atomic E-state index is 13.4. The highest BCUT2D eigenvalue weighted by molar-refractivity contribution is 6.42. The lowest BCUT2D eigenvalue weighted by Gasteiger charge is -2.23. The van der Waals surface area contributed by atoms with Gasteiger partial charge in [-0.25, -0.2) is 9.48 Å². The topological polar surface area (TPSA) is 79.3 Å². The first-order chi connectivity index (χ1) is 19.0. The van der Waals surface area contributed by atoms with Crippen LogP contribution in [0.5, 0.6) is 0 Å². The predicted molar refractivity (Wildman–Crippen MR) is 163 cm³/mol. The number of para-hydroxylation sites is 1. The Labute approximate surface area is 249 Å². The number of carbonyl (C=O) groups is 2. The molecule has 0 radical (unpaired) electrons. The van der Waals surface area contributed by atoms with E-state index in [1.807, 2.05) is 75.4 Å². The number of halogens is 3. The Kier molecular flexibility index (Phi) is 9.40. The number of benzene rings is 3. The molecule has 4 rings (SSSR count). The van der Waals surface area contributed by atoms with Gasteiger partial charge in [0.05, 0.1) is 26.4 Å². The third-order valence-electron chi connectivity index (χ3n) is 6.13.